The van der Waals surface area contributed by atoms with Crippen LogP contribution in [0, 0.1) is 0 Å². The van der Waals surface area contributed by atoms with Crippen LogP contribution in [-0.4, -0.2) is 48.8 Å². The first-order valence-electron chi connectivity index (χ1n) is 8.05. The molecule has 3 heterocycles. The third-order valence-electron chi connectivity index (χ3n) is 4.29. The predicted molar refractivity (Wildman–Crippen MR) is 97.6 cm³/mol. The lowest BCUT2D eigenvalue weighted by Crippen LogP contribution is -2.38. The average molecular weight is 371 g/mol. The van der Waals surface area contributed by atoms with Crippen LogP contribution in [0.5, 0.6) is 0 Å². The van der Waals surface area contributed by atoms with Crippen molar-refractivity contribution >= 4 is 29.4 Å². The highest BCUT2D eigenvalue weighted by molar-refractivity contribution is 5.85. The van der Waals surface area contributed by atoms with Gasteiger partial charge in [-0.2, -0.15) is 0 Å². The summed E-state index contributed by atoms with van der Waals surface area (Å²) in [5.41, 5.74) is -0.203. The summed E-state index contributed by atoms with van der Waals surface area (Å²) in [6, 6.07) is 0. The Balaban J connectivity index is 0.00000225. The highest BCUT2D eigenvalue weighted by Crippen LogP contribution is 2.07. The van der Waals surface area contributed by atoms with E-state index in [0.717, 1.165) is 36.2 Å². The van der Waals surface area contributed by atoms with E-state index < -0.39 is 17.4 Å². The largest absolute Gasteiger partial charge is 0.389 e. The van der Waals surface area contributed by atoms with Gasteiger partial charge in [0.1, 0.15) is 0 Å². The van der Waals surface area contributed by atoms with Crippen LogP contribution in [0.3, 0.4) is 0 Å². The summed E-state index contributed by atoms with van der Waals surface area (Å²) in [6.45, 7) is 1.39. The Morgan fingerprint density at radius 2 is 2.04 bits per heavy atom. The summed E-state index contributed by atoms with van der Waals surface area (Å²) in [5.74, 6) is 0.925. The van der Waals surface area contributed by atoms with Crippen molar-refractivity contribution in [1.82, 2.24) is 24.0 Å². The van der Waals surface area contributed by atoms with Crippen LogP contribution in [0.25, 0.3) is 11.2 Å². The number of aromatic nitrogens is 4. The highest BCUT2D eigenvalue weighted by Gasteiger charge is 2.16. The van der Waals surface area contributed by atoms with E-state index in [9.17, 15) is 14.7 Å². The van der Waals surface area contributed by atoms with Crippen molar-refractivity contribution in [3.05, 3.63) is 27.2 Å². The van der Waals surface area contributed by atoms with Gasteiger partial charge in [-0.25, -0.2) is 9.78 Å². The summed E-state index contributed by atoms with van der Waals surface area (Å²) in [6.07, 6.45) is 3.90. The molecular weight excluding hydrogens is 348 g/mol. The van der Waals surface area contributed by atoms with Crippen molar-refractivity contribution in [2.24, 2.45) is 19.1 Å². The Morgan fingerprint density at radius 1 is 1.28 bits per heavy atom. The standard InChI is InChI=1S/C15H22N6O3.ClH/c1-19-13-12(14(23)20(2)15(19)24)21(9-18-13)8-10(22)7-17-11-5-3-4-6-16-11;/h9-10,22H,3-8H2,1-2H3,(H,16,17);1H. The van der Waals surface area contributed by atoms with Gasteiger partial charge < -0.3 is 15.0 Å². The Bertz CT molecular complexity index is 897. The lowest BCUT2D eigenvalue weighted by Gasteiger charge is -2.17. The van der Waals surface area contributed by atoms with Gasteiger partial charge in [-0.05, 0) is 12.8 Å². The van der Waals surface area contributed by atoms with Crippen LogP contribution in [0.15, 0.2) is 20.9 Å². The summed E-state index contributed by atoms with van der Waals surface area (Å²) >= 11 is 0. The van der Waals surface area contributed by atoms with Crippen molar-refractivity contribution in [1.29, 1.82) is 0 Å². The molecule has 138 valence electrons. The normalized spacial score (nSPS) is 15.6. The molecule has 1 atom stereocenters. The van der Waals surface area contributed by atoms with Gasteiger partial charge in [0.2, 0.25) is 0 Å². The van der Waals surface area contributed by atoms with Crippen LogP contribution < -0.4 is 16.6 Å². The number of nitrogens with zero attached hydrogens (tertiary/aromatic N) is 5. The number of fused-ring (bicyclic) bond motifs is 1. The van der Waals surface area contributed by atoms with Crippen molar-refractivity contribution in [3.8, 4) is 0 Å². The van der Waals surface area contributed by atoms with E-state index in [2.05, 4.69) is 15.3 Å². The van der Waals surface area contributed by atoms with Crippen molar-refractivity contribution < 1.29 is 5.11 Å². The first-order valence-corrected chi connectivity index (χ1v) is 8.05. The van der Waals surface area contributed by atoms with Gasteiger partial charge in [0.05, 0.1) is 24.8 Å². The molecule has 0 saturated carbocycles. The molecule has 9 nitrogen and oxygen atoms in total. The van der Waals surface area contributed by atoms with Crippen LogP contribution >= 0.6 is 12.4 Å². The minimum absolute atomic E-state index is 0. The van der Waals surface area contributed by atoms with Gasteiger partial charge in [-0.15, -0.1) is 12.4 Å². The fourth-order valence-corrected chi connectivity index (χ4v) is 2.90. The third-order valence-corrected chi connectivity index (χ3v) is 4.29. The monoisotopic (exact) mass is 370 g/mol. The van der Waals surface area contributed by atoms with E-state index in [4.69, 9.17) is 0 Å². The summed E-state index contributed by atoms with van der Waals surface area (Å²) in [4.78, 5) is 32.8. The van der Waals surface area contributed by atoms with Crippen LogP contribution in [-0.2, 0) is 20.6 Å². The second-order valence-electron chi connectivity index (χ2n) is 6.10. The SMILES string of the molecule is Cl.Cn1c(=O)c2c(ncn2CC(O)CNC2=NCCCC2)n(C)c1=O. The molecule has 0 aromatic carbocycles. The van der Waals surface area contributed by atoms with Crippen molar-refractivity contribution in [2.75, 3.05) is 13.1 Å². The Labute approximate surface area is 150 Å². The molecule has 1 unspecified atom stereocenters. The minimum atomic E-state index is -0.700. The van der Waals surface area contributed by atoms with Crippen molar-refractivity contribution in [3.63, 3.8) is 0 Å². The zero-order valence-electron chi connectivity index (χ0n) is 14.3. The van der Waals surface area contributed by atoms with E-state index in [1.807, 2.05) is 0 Å². The fourth-order valence-electron chi connectivity index (χ4n) is 2.90. The molecule has 10 heteroatoms. The van der Waals surface area contributed by atoms with E-state index in [-0.39, 0.29) is 19.0 Å². The predicted octanol–water partition coefficient (Wildman–Crippen LogP) is -0.612. The van der Waals surface area contributed by atoms with Gasteiger partial charge in [0.25, 0.3) is 5.56 Å². The quantitative estimate of drug-likeness (QED) is 0.746. The Hall–Kier alpha value is -2.13. The molecule has 0 spiro atoms. The fraction of sp³-hybridized carbons (Fsp3) is 0.600. The van der Waals surface area contributed by atoms with E-state index in [1.165, 1.54) is 17.9 Å². The maximum absolute atomic E-state index is 12.3. The lowest BCUT2D eigenvalue weighted by molar-refractivity contribution is 0.158. The number of aliphatic hydroxyl groups is 1. The molecule has 0 radical (unpaired) electrons. The van der Waals surface area contributed by atoms with Gasteiger partial charge >= 0.3 is 5.69 Å². The van der Waals surface area contributed by atoms with Gasteiger partial charge in [-0.1, -0.05) is 0 Å². The number of aliphatic hydroxyl groups excluding tert-OH is 1. The number of nitrogens with one attached hydrogen (secondary N) is 1. The molecule has 2 N–H and O–H groups in total. The second-order valence-corrected chi connectivity index (χ2v) is 6.10. The molecule has 2 aromatic rings. The zero-order chi connectivity index (χ0) is 17.3. The van der Waals surface area contributed by atoms with Crippen LogP contribution in [0.1, 0.15) is 19.3 Å². The zero-order valence-corrected chi connectivity index (χ0v) is 15.1. The molecule has 3 rings (SSSR count). The maximum Gasteiger partial charge on any atom is 0.332 e. The smallest absolute Gasteiger partial charge is 0.332 e. The first-order chi connectivity index (χ1) is 11.5. The number of hydrogen-bond acceptors (Lipinski definition) is 6. The molecule has 0 amide bonds. The van der Waals surface area contributed by atoms with Crippen molar-refractivity contribution in [2.45, 2.75) is 31.9 Å². The summed E-state index contributed by atoms with van der Waals surface area (Å²) in [5, 5.41) is 13.4. The number of aryl methyl sites for hydroxylation is 1. The minimum Gasteiger partial charge on any atom is -0.389 e. The van der Waals surface area contributed by atoms with Crippen LogP contribution in [0.4, 0.5) is 0 Å². The number of halogens is 1. The molecule has 0 saturated heterocycles. The average Bonchev–Trinajstić information content (AvgIpc) is 3.01. The van der Waals surface area contributed by atoms with E-state index >= 15 is 0 Å². The highest BCUT2D eigenvalue weighted by atomic mass is 35.5. The molecule has 2 aromatic heterocycles. The Morgan fingerprint density at radius 3 is 2.72 bits per heavy atom. The molecule has 25 heavy (non-hydrogen) atoms. The number of aliphatic imine (C=N–C) groups is 1. The maximum atomic E-state index is 12.3. The molecule has 1 aliphatic heterocycles. The summed E-state index contributed by atoms with van der Waals surface area (Å²) in [7, 11) is 3.00. The first kappa shape index (κ1) is 19.2. The summed E-state index contributed by atoms with van der Waals surface area (Å²) < 4.78 is 3.96. The second kappa shape index (κ2) is 7.83. The molecule has 0 fully saturated rings. The number of amidine groups is 1. The number of imidazole rings is 1. The Kier molecular flexibility index (Phi) is 6.02. The van der Waals surface area contributed by atoms with Crippen LogP contribution in [0.2, 0.25) is 0 Å². The lowest BCUT2D eigenvalue weighted by atomic mass is 10.2. The van der Waals surface area contributed by atoms with Gasteiger partial charge in [0, 0.05) is 33.6 Å². The molecule has 1 aliphatic rings. The van der Waals surface area contributed by atoms with Gasteiger partial charge in [-0.3, -0.25) is 18.9 Å². The number of rotatable bonds is 4. The van der Waals surface area contributed by atoms with E-state index in [1.54, 1.807) is 11.6 Å². The van der Waals surface area contributed by atoms with Gasteiger partial charge in [0.15, 0.2) is 11.2 Å². The third kappa shape index (κ3) is 3.77. The van der Waals surface area contributed by atoms with E-state index in [0.29, 0.717) is 17.7 Å². The molecule has 0 bridgehead atoms. The molecule has 0 aliphatic carbocycles. The number of hydrogen-bond donors (Lipinski definition) is 2. The molecular formula is C15H23ClN6O3. The topological polar surface area (TPSA) is 106 Å².